The summed E-state index contributed by atoms with van der Waals surface area (Å²) in [6.45, 7) is 6.77. The van der Waals surface area contributed by atoms with E-state index in [1.54, 1.807) is 12.1 Å². The summed E-state index contributed by atoms with van der Waals surface area (Å²) in [5.74, 6) is 0.610. The number of hydrogen-bond acceptors (Lipinski definition) is 5. The van der Waals surface area contributed by atoms with Crippen LogP contribution in [0.15, 0.2) is 47.6 Å². The van der Waals surface area contributed by atoms with Gasteiger partial charge in [0.25, 0.3) is 0 Å². The van der Waals surface area contributed by atoms with Crippen LogP contribution in [0.4, 0.5) is 10.1 Å². The molecule has 0 radical (unpaired) electrons. The molecule has 168 valence electrons. The van der Waals surface area contributed by atoms with Crippen LogP contribution in [0.5, 0.6) is 0 Å². The zero-order chi connectivity index (χ0) is 22.5. The number of aromatic nitrogens is 3. The van der Waals surface area contributed by atoms with Crippen molar-refractivity contribution in [2.75, 3.05) is 24.2 Å². The highest BCUT2D eigenvalue weighted by Gasteiger charge is 2.19. The summed E-state index contributed by atoms with van der Waals surface area (Å²) in [6.07, 6.45) is 3.63. The third-order valence-corrected chi connectivity index (χ3v) is 6.37. The Balaban J connectivity index is 1.50. The van der Waals surface area contributed by atoms with Gasteiger partial charge in [0.05, 0.1) is 12.3 Å². The molecular formula is C24H28FN5OS. The molecule has 0 bridgehead atoms. The summed E-state index contributed by atoms with van der Waals surface area (Å²) in [5.41, 5.74) is 3.79. The van der Waals surface area contributed by atoms with E-state index in [4.69, 9.17) is 0 Å². The minimum atomic E-state index is -0.290. The number of halogens is 1. The number of piperidine rings is 1. The number of amides is 1. The van der Waals surface area contributed by atoms with E-state index >= 15 is 0 Å². The zero-order valence-corrected chi connectivity index (χ0v) is 19.3. The van der Waals surface area contributed by atoms with Gasteiger partial charge in [-0.25, -0.2) is 4.39 Å². The van der Waals surface area contributed by atoms with Gasteiger partial charge in [-0.15, -0.1) is 10.2 Å². The average molecular weight is 454 g/mol. The lowest BCUT2D eigenvalue weighted by Gasteiger charge is -2.26. The molecule has 0 aliphatic carbocycles. The summed E-state index contributed by atoms with van der Waals surface area (Å²) < 4.78 is 15.4. The van der Waals surface area contributed by atoms with Gasteiger partial charge in [-0.2, -0.15) is 0 Å². The predicted octanol–water partition coefficient (Wildman–Crippen LogP) is 4.74. The SMILES string of the molecule is Cc1cc(C)cc(NC(=O)CSc2nnc(CN3CCCCC3)n2-c2ccc(F)cc2)c1. The van der Waals surface area contributed by atoms with Crippen LogP contribution in [0.1, 0.15) is 36.2 Å². The van der Waals surface area contributed by atoms with E-state index in [-0.39, 0.29) is 17.5 Å². The first-order valence-corrected chi connectivity index (χ1v) is 11.9. The van der Waals surface area contributed by atoms with Crippen LogP contribution in [-0.4, -0.2) is 44.4 Å². The number of carbonyl (C=O) groups is 1. The molecule has 1 aliphatic heterocycles. The van der Waals surface area contributed by atoms with Crippen LogP contribution in [0, 0.1) is 19.7 Å². The second-order valence-corrected chi connectivity index (χ2v) is 9.20. The topological polar surface area (TPSA) is 63.1 Å². The Morgan fingerprint density at radius 1 is 1.03 bits per heavy atom. The summed E-state index contributed by atoms with van der Waals surface area (Å²) in [6, 6.07) is 12.3. The number of benzene rings is 2. The van der Waals surface area contributed by atoms with E-state index in [9.17, 15) is 9.18 Å². The van der Waals surface area contributed by atoms with Crippen molar-refractivity contribution in [3.63, 3.8) is 0 Å². The fourth-order valence-electron chi connectivity index (χ4n) is 4.04. The van der Waals surface area contributed by atoms with Crippen LogP contribution < -0.4 is 5.32 Å². The van der Waals surface area contributed by atoms with Gasteiger partial charge in [-0.1, -0.05) is 24.2 Å². The van der Waals surface area contributed by atoms with Crippen LogP contribution >= 0.6 is 11.8 Å². The largest absolute Gasteiger partial charge is 0.325 e. The number of likely N-dealkylation sites (tertiary alicyclic amines) is 1. The molecule has 2 aromatic carbocycles. The smallest absolute Gasteiger partial charge is 0.234 e. The first-order chi connectivity index (χ1) is 15.5. The van der Waals surface area contributed by atoms with Gasteiger partial charge in [0.2, 0.25) is 5.91 Å². The molecule has 1 aliphatic rings. The molecule has 32 heavy (non-hydrogen) atoms. The van der Waals surface area contributed by atoms with Crippen molar-refractivity contribution >= 4 is 23.4 Å². The highest BCUT2D eigenvalue weighted by molar-refractivity contribution is 7.99. The van der Waals surface area contributed by atoms with Crippen molar-refractivity contribution < 1.29 is 9.18 Å². The predicted molar refractivity (Wildman–Crippen MR) is 126 cm³/mol. The molecule has 3 aromatic rings. The van der Waals surface area contributed by atoms with Crippen molar-refractivity contribution in [3.05, 3.63) is 65.2 Å². The first kappa shape index (κ1) is 22.5. The molecule has 0 unspecified atom stereocenters. The molecule has 2 heterocycles. The van der Waals surface area contributed by atoms with Crippen molar-refractivity contribution in [2.45, 2.75) is 44.8 Å². The molecule has 1 saturated heterocycles. The molecule has 1 amide bonds. The minimum absolute atomic E-state index is 0.105. The van der Waals surface area contributed by atoms with Crippen LogP contribution in [0.3, 0.4) is 0 Å². The second kappa shape index (κ2) is 10.3. The molecule has 0 atom stereocenters. The number of aryl methyl sites for hydroxylation is 2. The Hall–Kier alpha value is -2.71. The quantitative estimate of drug-likeness (QED) is 0.524. The highest BCUT2D eigenvalue weighted by Crippen LogP contribution is 2.24. The summed E-state index contributed by atoms with van der Waals surface area (Å²) in [4.78, 5) is 14.9. The summed E-state index contributed by atoms with van der Waals surface area (Å²) in [5, 5.41) is 12.4. The van der Waals surface area contributed by atoms with Crippen molar-refractivity contribution in [3.8, 4) is 5.69 Å². The number of nitrogens with one attached hydrogen (secondary N) is 1. The Morgan fingerprint density at radius 3 is 2.41 bits per heavy atom. The fourth-order valence-corrected chi connectivity index (χ4v) is 4.81. The van der Waals surface area contributed by atoms with Gasteiger partial charge in [-0.3, -0.25) is 14.3 Å². The van der Waals surface area contributed by atoms with E-state index in [2.05, 4.69) is 26.5 Å². The molecule has 6 nitrogen and oxygen atoms in total. The molecule has 4 rings (SSSR count). The van der Waals surface area contributed by atoms with Crippen molar-refractivity contribution in [2.24, 2.45) is 0 Å². The standard InChI is InChI=1S/C24H28FN5OS/c1-17-12-18(2)14-20(13-17)26-23(31)16-32-24-28-27-22(15-29-10-4-3-5-11-29)30(24)21-8-6-19(25)7-9-21/h6-9,12-14H,3-5,10-11,15-16H2,1-2H3,(H,26,31). The number of nitrogens with zero attached hydrogens (tertiary/aromatic N) is 4. The lowest BCUT2D eigenvalue weighted by Crippen LogP contribution is -2.30. The monoisotopic (exact) mass is 453 g/mol. The number of thioether (sulfide) groups is 1. The normalized spacial score (nSPS) is 14.5. The molecule has 1 aromatic heterocycles. The molecule has 8 heteroatoms. The maximum absolute atomic E-state index is 13.5. The number of rotatable bonds is 7. The number of carbonyl (C=O) groups excluding carboxylic acids is 1. The van der Waals surface area contributed by atoms with Gasteiger partial charge >= 0.3 is 0 Å². The zero-order valence-electron chi connectivity index (χ0n) is 18.5. The van der Waals surface area contributed by atoms with Crippen LogP contribution in [0.25, 0.3) is 5.69 Å². The van der Waals surface area contributed by atoms with Crippen LogP contribution in [-0.2, 0) is 11.3 Å². The number of anilines is 1. The maximum atomic E-state index is 13.5. The van der Waals surface area contributed by atoms with Gasteiger partial charge in [0, 0.05) is 11.4 Å². The van der Waals surface area contributed by atoms with Gasteiger partial charge in [0.1, 0.15) is 5.82 Å². The van der Waals surface area contributed by atoms with E-state index in [1.165, 1.54) is 43.2 Å². The Labute approximate surface area is 192 Å². The lowest BCUT2D eigenvalue weighted by molar-refractivity contribution is -0.113. The molecule has 1 fully saturated rings. The van der Waals surface area contributed by atoms with E-state index in [1.807, 2.05) is 30.5 Å². The molecular weight excluding hydrogens is 425 g/mol. The Bertz CT molecular complexity index is 1060. The average Bonchev–Trinajstić information content (AvgIpc) is 3.15. The van der Waals surface area contributed by atoms with Gasteiger partial charge in [0.15, 0.2) is 11.0 Å². The second-order valence-electron chi connectivity index (χ2n) is 8.26. The molecule has 0 saturated carbocycles. The third kappa shape index (κ3) is 5.75. The minimum Gasteiger partial charge on any atom is -0.325 e. The van der Waals surface area contributed by atoms with E-state index < -0.39 is 0 Å². The van der Waals surface area contributed by atoms with E-state index in [0.717, 1.165) is 41.4 Å². The molecule has 0 spiro atoms. The number of hydrogen-bond donors (Lipinski definition) is 1. The Kier molecular flexibility index (Phi) is 7.22. The van der Waals surface area contributed by atoms with Crippen LogP contribution in [0.2, 0.25) is 0 Å². The van der Waals surface area contributed by atoms with Gasteiger partial charge < -0.3 is 5.32 Å². The third-order valence-electron chi connectivity index (χ3n) is 5.44. The fraction of sp³-hybridized carbons (Fsp3) is 0.375. The lowest BCUT2D eigenvalue weighted by atomic mass is 10.1. The summed E-state index contributed by atoms with van der Waals surface area (Å²) in [7, 11) is 0. The maximum Gasteiger partial charge on any atom is 0.234 e. The van der Waals surface area contributed by atoms with Crippen molar-refractivity contribution in [1.29, 1.82) is 0 Å². The van der Waals surface area contributed by atoms with Crippen molar-refractivity contribution in [1.82, 2.24) is 19.7 Å². The van der Waals surface area contributed by atoms with Gasteiger partial charge in [-0.05, 0) is 87.3 Å². The first-order valence-electron chi connectivity index (χ1n) is 10.9. The summed E-state index contributed by atoms with van der Waals surface area (Å²) >= 11 is 1.33. The molecule has 1 N–H and O–H groups in total. The Morgan fingerprint density at radius 2 is 1.72 bits per heavy atom. The highest BCUT2D eigenvalue weighted by atomic mass is 32.2. The van der Waals surface area contributed by atoms with E-state index in [0.29, 0.717) is 11.7 Å².